The van der Waals surface area contributed by atoms with Crippen LogP contribution in [0.3, 0.4) is 0 Å². The van der Waals surface area contributed by atoms with Crippen molar-refractivity contribution >= 4 is 5.91 Å². The van der Waals surface area contributed by atoms with Crippen molar-refractivity contribution in [1.82, 2.24) is 0 Å². The molecule has 0 saturated heterocycles. The molecule has 0 saturated carbocycles. The monoisotopic (exact) mass is 204 g/mol. The SMILES string of the molecule is [CH2-]CCC([CH2-])C(N)=O.[HH].[Y]. The Balaban J connectivity index is -0.000000245. The van der Waals surface area contributed by atoms with Gasteiger partial charge >= 0.3 is 0 Å². The summed E-state index contributed by atoms with van der Waals surface area (Å²) >= 11 is 0. The predicted octanol–water partition coefficient (Wildman–Crippen LogP) is 0.780. The zero-order valence-corrected chi connectivity index (χ0v) is 8.31. The number of nitrogens with two attached hydrogens (primary N) is 1. The molecule has 3 heteroatoms. The molecule has 0 rings (SSSR count). The van der Waals surface area contributed by atoms with E-state index in [0.29, 0.717) is 6.42 Å². The molecular weight excluding hydrogens is 191 g/mol. The van der Waals surface area contributed by atoms with Gasteiger partial charge in [0.2, 0.25) is 0 Å². The van der Waals surface area contributed by atoms with Gasteiger partial charge in [0.25, 0.3) is 0 Å². The number of hydrogen-bond donors (Lipinski definition) is 1. The fraction of sp³-hybridized carbons (Fsp3) is 0.500. The van der Waals surface area contributed by atoms with Crippen molar-refractivity contribution in [2.24, 2.45) is 11.7 Å². The fourth-order valence-corrected chi connectivity index (χ4v) is 0.389. The van der Waals surface area contributed by atoms with Crippen LogP contribution >= 0.6 is 0 Å². The second kappa shape index (κ2) is 6.69. The maximum Gasteiger partial charge on any atom is 0.190 e. The minimum atomic E-state index is -0.339. The van der Waals surface area contributed by atoms with Crippen LogP contribution in [0.1, 0.15) is 14.3 Å². The molecule has 0 aromatic carbocycles. The van der Waals surface area contributed by atoms with Crippen molar-refractivity contribution in [2.75, 3.05) is 0 Å². The quantitative estimate of drug-likeness (QED) is 0.678. The minimum absolute atomic E-state index is 0. The Morgan fingerprint density at radius 3 is 2.33 bits per heavy atom. The second-order valence-electron chi connectivity index (χ2n) is 1.74. The Kier molecular flexibility index (Phi) is 9.12. The van der Waals surface area contributed by atoms with Crippen LogP contribution in [0.2, 0.25) is 0 Å². The summed E-state index contributed by atoms with van der Waals surface area (Å²) in [5.41, 5.74) is 4.89. The van der Waals surface area contributed by atoms with Crippen molar-refractivity contribution in [3.63, 3.8) is 0 Å². The van der Waals surface area contributed by atoms with Gasteiger partial charge < -0.3 is 19.6 Å². The van der Waals surface area contributed by atoms with Crippen molar-refractivity contribution in [3.05, 3.63) is 13.8 Å². The molecule has 1 radical (unpaired) electrons. The first kappa shape index (κ1) is 12.3. The van der Waals surface area contributed by atoms with E-state index in [1.165, 1.54) is 0 Å². The molecule has 0 aliphatic carbocycles. The number of amides is 1. The number of rotatable bonds is 3. The van der Waals surface area contributed by atoms with Crippen molar-refractivity contribution in [1.29, 1.82) is 0 Å². The van der Waals surface area contributed by atoms with Crippen LogP contribution in [0, 0.1) is 19.8 Å². The third-order valence-corrected chi connectivity index (χ3v) is 0.955. The molecular formula is C6H13NOY-2. The fourth-order valence-electron chi connectivity index (χ4n) is 0.389. The van der Waals surface area contributed by atoms with Gasteiger partial charge in [-0.1, -0.05) is 12.3 Å². The van der Waals surface area contributed by atoms with E-state index in [1.807, 2.05) is 0 Å². The van der Waals surface area contributed by atoms with E-state index in [1.54, 1.807) is 0 Å². The third kappa shape index (κ3) is 6.46. The molecule has 0 aromatic rings. The summed E-state index contributed by atoms with van der Waals surface area (Å²) in [6.45, 7) is 7.07. The van der Waals surface area contributed by atoms with Gasteiger partial charge in [-0.25, -0.2) is 0 Å². The van der Waals surface area contributed by atoms with Crippen LogP contribution in [-0.4, -0.2) is 5.91 Å². The van der Waals surface area contributed by atoms with E-state index in [-0.39, 0.29) is 46.0 Å². The molecule has 53 valence electrons. The molecule has 0 fully saturated rings. The molecule has 0 aliphatic heterocycles. The van der Waals surface area contributed by atoms with Crippen LogP contribution in [0.5, 0.6) is 0 Å². The Labute approximate surface area is 82.9 Å². The van der Waals surface area contributed by atoms with Gasteiger partial charge in [-0.3, -0.25) is 4.79 Å². The van der Waals surface area contributed by atoms with Gasteiger partial charge in [0, 0.05) is 34.1 Å². The molecule has 2 N–H and O–H groups in total. The molecule has 0 bridgehead atoms. The molecule has 0 heterocycles. The van der Waals surface area contributed by atoms with Crippen LogP contribution in [0.15, 0.2) is 0 Å². The van der Waals surface area contributed by atoms with E-state index >= 15 is 0 Å². The Morgan fingerprint density at radius 1 is 1.78 bits per heavy atom. The normalized spacial score (nSPS) is 11.8. The van der Waals surface area contributed by atoms with Gasteiger partial charge in [-0.15, -0.1) is 0 Å². The van der Waals surface area contributed by atoms with Crippen molar-refractivity contribution in [3.8, 4) is 0 Å². The van der Waals surface area contributed by atoms with Crippen LogP contribution < -0.4 is 5.73 Å². The summed E-state index contributed by atoms with van der Waals surface area (Å²) < 4.78 is 0. The zero-order valence-electron chi connectivity index (χ0n) is 5.47. The first-order chi connectivity index (χ1) is 3.68. The van der Waals surface area contributed by atoms with E-state index in [0.717, 1.165) is 6.42 Å². The van der Waals surface area contributed by atoms with Gasteiger partial charge in [0.05, 0.1) is 0 Å². The Bertz CT molecular complexity index is 89.8. The van der Waals surface area contributed by atoms with E-state index in [2.05, 4.69) is 13.8 Å². The van der Waals surface area contributed by atoms with Gasteiger partial charge in [0.1, 0.15) is 0 Å². The van der Waals surface area contributed by atoms with Gasteiger partial charge in [0.15, 0.2) is 5.91 Å². The second-order valence-corrected chi connectivity index (χ2v) is 1.74. The largest absolute Gasteiger partial charge is 0.372 e. The summed E-state index contributed by atoms with van der Waals surface area (Å²) in [4.78, 5) is 10.2. The Hall–Kier alpha value is 0.574. The topological polar surface area (TPSA) is 43.1 Å². The average Bonchev–Trinajstić information content (AvgIpc) is 1.67. The predicted molar refractivity (Wildman–Crippen MR) is 34.7 cm³/mol. The van der Waals surface area contributed by atoms with E-state index in [9.17, 15) is 4.79 Å². The molecule has 1 unspecified atom stereocenters. The zero-order chi connectivity index (χ0) is 6.57. The average molecular weight is 204 g/mol. The van der Waals surface area contributed by atoms with Gasteiger partial charge in [-0.2, -0.15) is 6.42 Å². The molecule has 9 heavy (non-hydrogen) atoms. The standard InChI is InChI=1S/C6H11NO.Y.H2/c1-3-4-5(2)6(7)8;;/h5H,1-4H2,(H2,7,8);;1H/q-2;;. The third-order valence-electron chi connectivity index (χ3n) is 0.955. The smallest absolute Gasteiger partial charge is 0.190 e. The maximum absolute atomic E-state index is 10.2. The summed E-state index contributed by atoms with van der Waals surface area (Å²) in [6.07, 6.45) is 1.41. The molecule has 1 atom stereocenters. The minimum Gasteiger partial charge on any atom is -0.372 e. The molecule has 1 amide bonds. The maximum atomic E-state index is 10.2. The molecule has 0 aromatic heterocycles. The number of hydrogen-bond acceptors (Lipinski definition) is 1. The number of carbonyl (C=O) groups excluding carboxylic acids is 1. The first-order valence-corrected chi connectivity index (χ1v) is 2.60. The number of primary amides is 1. The van der Waals surface area contributed by atoms with Crippen LogP contribution in [0.4, 0.5) is 0 Å². The van der Waals surface area contributed by atoms with Gasteiger partial charge in [-0.05, 0) is 0 Å². The molecule has 0 aliphatic rings. The Morgan fingerprint density at radius 2 is 2.22 bits per heavy atom. The summed E-state index contributed by atoms with van der Waals surface area (Å²) in [7, 11) is 0. The molecule has 2 nitrogen and oxygen atoms in total. The summed E-state index contributed by atoms with van der Waals surface area (Å²) in [5.74, 6) is -0.596. The summed E-state index contributed by atoms with van der Waals surface area (Å²) in [6, 6.07) is 0. The van der Waals surface area contributed by atoms with Crippen LogP contribution in [-0.2, 0) is 37.5 Å². The van der Waals surface area contributed by atoms with E-state index < -0.39 is 0 Å². The first-order valence-electron chi connectivity index (χ1n) is 2.60. The van der Waals surface area contributed by atoms with E-state index in [4.69, 9.17) is 5.73 Å². The summed E-state index contributed by atoms with van der Waals surface area (Å²) in [5, 5.41) is 0. The van der Waals surface area contributed by atoms with Crippen LogP contribution in [0.25, 0.3) is 0 Å². The van der Waals surface area contributed by atoms with Crippen molar-refractivity contribution < 1.29 is 38.9 Å². The van der Waals surface area contributed by atoms with Crippen molar-refractivity contribution in [2.45, 2.75) is 12.8 Å². The molecule has 0 spiro atoms. The number of carbonyl (C=O) groups is 1.